The molecule has 1 amide bonds. The van der Waals surface area contributed by atoms with Gasteiger partial charge >= 0.3 is 5.69 Å². The molecule has 0 aliphatic carbocycles. The van der Waals surface area contributed by atoms with Crippen molar-refractivity contribution in [2.75, 3.05) is 13.1 Å². The fraction of sp³-hybridized carbons (Fsp3) is 0.350. The van der Waals surface area contributed by atoms with Gasteiger partial charge in [0.15, 0.2) is 0 Å². The summed E-state index contributed by atoms with van der Waals surface area (Å²) in [5.74, 6) is -1.37. The van der Waals surface area contributed by atoms with Crippen LogP contribution in [0.15, 0.2) is 39.2 Å². The zero-order chi connectivity index (χ0) is 20.7. The number of piperidine rings is 1. The molecule has 1 saturated heterocycles. The van der Waals surface area contributed by atoms with Gasteiger partial charge in [0.2, 0.25) is 5.91 Å². The highest BCUT2D eigenvalue weighted by molar-refractivity contribution is 7.17. The second-order valence-corrected chi connectivity index (χ2v) is 8.22. The van der Waals surface area contributed by atoms with E-state index in [1.165, 1.54) is 0 Å². The Bertz CT molecular complexity index is 1210. The van der Waals surface area contributed by atoms with Gasteiger partial charge in [0.05, 0.1) is 11.2 Å². The van der Waals surface area contributed by atoms with Crippen molar-refractivity contribution in [2.24, 2.45) is 5.92 Å². The molecule has 29 heavy (non-hydrogen) atoms. The Balaban J connectivity index is 1.84. The third kappa shape index (κ3) is 3.50. The number of nitrogens with zero attached hydrogens (tertiary/aromatic N) is 3. The molecule has 0 unspecified atom stereocenters. The zero-order valence-corrected chi connectivity index (χ0v) is 16.5. The molecule has 1 fully saturated rings. The molecule has 0 N–H and O–H groups in total. The van der Waals surface area contributed by atoms with Crippen LogP contribution in [0.5, 0.6) is 0 Å². The first kappa shape index (κ1) is 19.5. The van der Waals surface area contributed by atoms with Gasteiger partial charge in [-0.3, -0.25) is 14.2 Å². The average molecular weight is 419 g/mol. The van der Waals surface area contributed by atoms with Crippen molar-refractivity contribution in [3.8, 4) is 5.69 Å². The summed E-state index contributed by atoms with van der Waals surface area (Å²) in [4.78, 5) is 40.4. The number of fused-ring (bicyclic) bond motifs is 1. The van der Waals surface area contributed by atoms with Gasteiger partial charge in [-0.2, -0.15) is 0 Å². The first-order valence-corrected chi connectivity index (χ1v) is 10.2. The molecular formula is C20H19F2N3O3S. The fourth-order valence-corrected chi connectivity index (χ4v) is 4.43. The number of hydrogen-bond donors (Lipinski definition) is 0. The largest absolute Gasteiger partial charge is 0.341 e. The number of hydrogen-bond acceptors (Lipinski definition) is 4. The number of benzene rings is 1. The number of thiophene rings is 1. The van der Waals surface area contributed by atoms with Crippen molar-refractivity contribution in [1.82, 2.24) is 14.0 Å². The number of rotatable bonds is 3. The molecule has 4 rings (SSSR count). The predicted octanol–water partition coefficient (Wildman–Crippen LogP) is 2.75. The van der Waals surface area contributed by atoms with Gasteiger partial charge in [0.1, 0.15) is 22.9 Å². The van der Waals surface area contributed by atoms with Crippen LogP contribution < -0.4 is 11.2 Å². The van der Waals surface area contributed by atoms with Crippen molar-refractivity contribution in [3.63, 3.8) is 0 Å². The molecule has 1 aromatic carbocycles. The van der Waals surface area contributed by atoms with Crippen molar-refractivity contribution >= 4 is 27.5 Å². The SMILES string of the molecule is CC1CCN(C(=O)Cn2c(=O)n(-c3cc(F)ccc3F)c(=O)c3sccc32)CC1. The van der Waals surface area contributed by atoms with Crippen LogP contribution in [0.1, 0.15) is 19.8 Å². The van der Waals surface area contributed by atoms with E-state index in [4.69, 9.17) is 0 Å². The highest BCUT2D eigenvalue weighted by atomic mass is 32.1. The Hall–Kier alpha value is -2.81. The normalized spacial score (nSPS) is 15.2. The molecule has 6 nitrogen and oxygen atoms in total. The molecule has 1 aliphatic rings. The molecular weight excluding hydrogens is 400 g/mol. The van der Waals surface area contributed by atoms with E-state index in [2.05, 4.69) is 6.92 Å². The maximum Gasteiger partial charge on any atom is 0.336 e. The Morgan fingerprint density at radius 1 is 1.17 bits per heavy atom. The van der Waals surface area contributed by atoms with Crippen LogP contribution in [0, 0.1) is 17.6 Å². The molecule has 0 spiro atoms. The minimum absolute atomic E-state index is 0.202. The fourth-order valence-electron chi connectivity index (χ4n) is 3.60. The number of amides is 1. The molecule has 0 radical (unpaired) electrons. The van der Waals surface area contributed by atoms with E-state index in [-0.39, 0.29) is 17.2 Å². The minimum atomic E-state index is -0.899. The first-order chi connectivity index (χ1) is 13.9. The molecule has 0 atom stereocenters. The van der Waals surface area contributed by atoms with Crippen LogP contribution in [-0.2, 0) is 11.3 Å². The standard InChI is InChI=1S/C20H19F2N3O3S/c1-12-4-7-23(8-5-12)17(26)11-24-15-6-9-29-18(15)19(27)25(20(24)28)16-10-13(21)2-3-14(16)22/h2-3,6,9-10,12H,4-5,7-8,11H2,1H3. The average Bonchev–Trinajstić information content (AvgIpc) is 3.18. The van der Waals surface area contributed by atoms with Crippen molar-refractivity contribution in [2.45, 2.75) is 26.3 Å². The van der Waals surface area contributed by atoms with E-state index in [9.17, 15) is 23.2 Å². The molecule has 3 aromatic rings. The Morgan fingerprint density at radius 2 is 1.90 bits per heavy atom. The molecule has 9 heteroatoms. The highest BCUT2D eigenvalue weighted by Crippen LogP contribution is 2.20. The van der Waals surface area contributed by atoms with Crippen molar-refractivity contribution < 1.29 is 13.6 Å². The first-order valence-electron chi connectivity index (χ1n) is 9.33. The van der Waals surface area contributed by atoms with Gasteiger partial charge in [-0.15, -0.1) is 11.3 Å². The van der Waals surface area contributed by atoms with Crippen LogP contribution >= 0.6 is 11.3 Å². The third-order valence-corrected chi connectivity index (χ3v) is 6.23. The van der Waals surface area contributed by atoms with Gasteiger partial charge in [0.25, 0.3) is 5.56 Å². The summed E-state index contributed by atoms with van der Waals surface area (Å²) < 4.78 is 30.0. The maximum absolute atomic E-state index is 14.3. The summed E-state index contributed by atoms with van der Waals surface area (Å²) in [5, 5.41) is 1.63. The summed E-state index contributed by atoms with van der Waals surface area (Å²) in [5.41, 5.74) is -1.76. The van der Waals surface area contributed by atoms with Crippen LogP contribution in [0.3, 0.4) is 0 Å². The second-order valence-electron chi connectivity index (χ2n) is 7.30. The molecule has 0 saturated carbocycles. The maximum atomic E-state index is 14.3. The minimum Gasteiger partial charge on any atom is -0.341 e. The van der Waals surface area contributed by atoms with Gasteiger partial charge in [-0.05, 0) is 42.3 Å². The highest BCUT2D eigenvalue weighted by Gasteiger charge is 2.24. The molecule has 1 aliphatic heterocycles. The van der Waals surface area contributed by atoms with Crippen LogP contribution in [0.4, 0.5) is 8.78 Å². The Labute approximate surface area is 168 Å². The summed E-state index contributed by atoms with van der Waals surface area (Å²) in [7, 11) is 0. The van der Waals surface area contributed by atoms with Gasteiger partial charge in [-0.1, -0.05) is 6.92 Å². The van der Waals surface area contributed by atoms with E-state index >= 15 is 0 Å². The monoisotopic (exact) mass is 419 g/mol. The summed E-state index contributed by atoms with van der Waals surface area (Å²) in [6, 6.07) is 4.16. The Morgan fingerprint density at radius 3 is 2.62 bits per heavy atom. The summed E-state index contributed by atoms with van der Waals surface area (Å²) in [6.07, 6.45) is 1.78. The third-order valence-electron chi connectivity index (χ3n) is 5.33. The van der Waals surface area contributed by atoms with E-state index < -0.39 is 28.6 Å². The topological polar surface area (TPSA) is 64.3 Å². The van der Waals surface area contributed by atoms with Gasteiger partial charge in [-0.25, -0.2) is 18.1 Å². The lowest BCUT2D eigenvalue weighted by molar-refractivity contribution is -0.133. The number of likely N-dealkylation sites (tertiary alicyclic amines) is 1. The van der Waals surface area contributed by atoms with Gasteiger partial charge < -0.3 is 4.90 Å². The number of carbonyl (C=O) groups excluding carboxylic acids is 1. The molecule has 3 heterocycles. The van der Waals surface area contributed by atoms with Crippen LogP contribution in [0.25, 0.3) is 15.9 Å². The lowest BCUT2D eigenvalue weighted by atomic mass is 9.99. The van der Waals surface area contributed by atoms with E-state index in [1.54, 1.807) is 16.3 Å². The van der Waals surface area contributed by atoms with Gasteiger partial charge in [0, 0.05) is 19.2 Å². The number of halogens is 2. The number of carbonyl (C=O) groups is 1. The summed E-state index contributed by atoms with van der Waals surface area (Å²) in [6.45, 7) is 3.09. The van der Waals surface area contributed by atoms with Crippen LogP contribution in [0.2, 0.25) is 0 Å². The lowest BCUT2D eigenvalue weighted by Gasteiger charge is -2.30. The zero-order valence-electron chi connectivity index (χ0n) is 15.7. The van der Waals surface area contributed by atoms with E-state index in [0.29, 0.717) is 29.1 Å². The second kappa shape index (κ2) is 7.55. The van der Waals surface area contributed by atoms with Crippen molar-refractivity contribution in [1.29, 1.82) is 0 Å². The Kier molecular flexibility index (Phi) is 5.08. The molecule has 0 bridgehead atoms. The van der Waals surface area contributed by atoms with E-state index in [1.807, 2.05) is 0 Å². The number of aromatic nitrogens is 2. The van der Waals surface area contributed by atoms with E-state index in [0.717, 1.165) is 46.9 Å². The smallest absolute Gasteiger partial charge is 0.336 e. The van der Waals surface area contributed by atoms with Crippen molar-refractivity contribution in [3.05, 3.63) is 62.1 Å². The summed E-state index contributed by atoms with van der Waals surface area (Å²) >= 11 is 1.08. The van der Waals surface area contributed by atoms with Crippen LogP contribution in [-0.4, -0.2) is 33.0 Å². The molecule has 2 aromatic heterocycles. The quantitative estimate of drug-likeness (QED) is 0.656. The molecule has 152 valence electrons. The lowest BCUT2D eigenvalue weighted by Crippen LogP contribution is -2.44. The predicted molar refractivity (Wildman–Crippen MR) is 107 cm³/mol.